The van der Waals surface area contributed by atoms with Crippen LogP contribution in [0.3, 0.4) is 0 Å². The summed E-state index contributed by atoms with van der Waals surface area (Å²) in [5, 5.41) is 9.87. The molecule has 1 fully saturated rings. The first-order chi connectivity index (χ1) is 8.09. The van der Waals surface area contributed by atoms with E-state index in [0.29, 0.717) is 6.04 Å². The molecule has 1 aromatic carbocycles. The van der Waals surface area contributed by atoms with Gasteiger partial charge in [0.15, 0.2) is 0 Å². The number of nitrogens with zero attached hydrogens (tertiary/aromatic N) is 1. The maximum Gasteiger partial charge on any atom is 0.0782 e. The van der Waals surface area contributed by atoms with Crippen LogP contribution in [0.4, 0.5) is 5.69 Å². The molecule has 1 N–H and O–H groups in total. The van der Waals surface area contributed by atoms with Gasteiger partial charge in [0, 0.05) is 34.6 Å². The van der Waals surface area contributed by atoms with Gasteiger partial charge in [-0.2, -0.15) is 11.8 Å². The normalized spacial score (nSPS) is 21.5. The Labute approximate surface area is 116 Å². The SMILES string of the molecule is CC(O)c1cc(Br)ccc1N(C)C1CCSC1. The number of rotatable bonds is 3. The quantitative estimate of drug-likeness (QED) is 0.924. The van der Waals surface area contributed by atoms with Crippen LogP contribution in [-0.4, -0.2) is 29.7 Å². The van der Waals surface area contributed by atoms with E-state index < -0.39 is 6.10 Å². The lowest BCUT2D eigenvalue weighted by molar-refractivity contribution is 0.199. The van der Waals surface area contributed by atoms with Gasteiger partial charge in [-0.3, -0.25) is 0 Å². The van der Waals surface area contributed by atoms with Gasteiger partial charge in [0.25, 0.3) is 0 Å². The fourth-order valence-electron chi connectivity index (χ4n) is 2.21. The Balaban J connectivity index is 2.29. The topological polar surface area (TPSA) is 23.5 Å². The Morgan fingerprint density at radius 2 is 2.29 bits per heavy atom. The first-order valence-electron chi connectivity index (χ1n) is 5.87. The van der Waals surface area contributed by atoms with E-state index in [4.69, 9.17) is 0 Å². The zero-order valence-electron chi connectivity index (χ0n) is 10.2. The Kier molecular flexibility index (Phi) is 4.39. The van der Waals surface area contributed by atoms with Gasteiger partial charge in [-0.25, -0.2) is 0 Å². The Bertz CT molecular complexity index is 391. The Hall–Kier alpha value is -0.190. The van der Waals surface area contributed by atoms with Gasteiger partial charge in [-0.05, 0) is 37.3 Å². The van der Waals surface area contributed by atoms with Gasteiger partial charge in [-0.15, -0.1) is 0 Å². The van der Waals surface area contributed by atoms with E-state index in [1.165, 1.54) is 17.9 Å². The number of benzene rings is 1. The second-order valence-corrected chi connectivity index (χ2v) is 6.57. The minimum absolute atomic E-state index is 0.431. The first kappa shape index (κ1) is 13.2. The number of hydrogen-bond acceptors (Lipinski definition) is 3. The smallest absolute Gasteiger partial charge is 0.0782 e. The van der Waals surface area contributed by atoms with Crippen molar-refractivity contribution in [2.24, 2.45) is 0 Å². The van der Waals surface area contributed by atoms with Gasteiger partial charge < -0.3 is 10.0 Å². The van der Waals surface area contributed by atoms with Crippen LogP contribution in [0, 0.1) is 0 Å². The van der Waals surface area contributed by atoms with Crippen LogP contribution < -0.4 is 4.90 Å². The molecule has 94 valence electrons. The van der Waals surface area contributed by atoms with Crippen molar-refractivity contribution < 1.29 is 5.11 Å². The summed E-state index contributed by atoms with van der Waals surface area (Å²) in [5.74, 6) is 2.43. The van der Waals surface area contributed by atoms with Crippen molar-refractivity contribution in [3.05, 3.63) is 28.2 Å². The number of thioether (sulfide) groups is 1. The molecule has 17 heavy (non-hydrogen) atoms. The standard InChI is InChI=1S/C13H18BrNOS/c1-9(16)12-7-10(14)3-4-13(12)15(2)11-5-6-17-8-11/h3-4,7,9,11,16H,5-6,8H2,1-2H3. The maximum atomic E-state index is 9.87. The van der Waals surface area contributed by atoms with Crippen LogP contribution in [0.25, 0.3) is 0 Å². The van der Waals surface area contributed by atoms with Gasteiger partial charge >= 0.3 is 0 Å². The third-order valence-electron chi connectivity index (χ3n) is 3.27. The van der Waals surface area contributed by atoms with Crippen molar-refractivity contribution in [1.29, 1.82) is 0 Å². The molecule has 0 bridgehead atoms. The molecule has 1 aliphatic rings. The molecule has 2 atom stereocenters. The molecule has 1 aromatic rings. The molecule has 1 aliphatic heterocycles. The molecule has 0 amide bonds. The molecule has 2 nitrogen and oxygen atoms in total. The highest BCUT2D eigenvalue weighted by atomic mass is 79.9. The van der Waals surface area contributed by atoms with Crippen molar-refractivity contribution in [1.82, 2.24) is 0 Å². The average Bonchev–Trinajstić information content (AvgIpc) is 2.81. The van der Waals surface area contributed by atoms with Crippen LogP contribution in [-0.2, 0) is 0 Å². The van der Waals surface area contributed by atoms with Crippen molar-refractivity contribution in [2.75, 3.05) is 23.5 Å². The summed E-state index contributed by atoms with van der Waals surface area (Å²) in [4.78, 5) is 2.31. The van der Waals surface area contributed by atoms with Crippen LogP contribution >= 0.6 is 27.7 Å². The van der Waals surface area contributed by atoms with Crippen LogP contribution in [0.2, 0.25) is 0 Å². The highest BCUT2D eigenvalue weighted by Gasteiger charge is 2.22. The number of halogens is 1. The van der Waals surface area contributed by atoms with Crippen molar-refractivity contribution >= 4 is 33.4 Å². The second-order valence-electron chi connectivity index (χ2n) is 4.51. The number of anilines is 1. The monoisotopic (exact) mass is 315 g/mol. The van der Waals surface area contributed by atoms with Crippen LogP contribution in [0.5, 0.6) is 0 Å². The Morgan fingerprint density at radius 1 is 1.53 bits per heavy atom. The molecule has 1 heterocycles. The predicted octanol–water partition coefficient (Wildman–Crippen LogP) is 3.44. The molecule has 2 rings (SSSR count). The fraction of sp³-hybridized carbons (Fsp3) is 0.538. The minimum atomic E-state index is -0.431. The van der Waals surface area contributed by atoms with Crippen molar-refractivity contribution in [3.8, 4) is 0 Å². The van der Waals surface area contributed by atoms with Crippen LogP contribution in [0.1, 0.15) is 25.0 Å². The minimum Gasteiger partial charge on any atom is -0.389 e. The molecule has 0 saturated carbocycles. The lowest BCUT2D eigenvalue weighted by Gasteiger charge is -2.29. The molecule has 2 unspecified atom stereocenters. The lowest BCUT2D eigenvalue weighted by Crippen LogP contribution is -2.32. The molecule has 0 aromatic heterocycles. The summed E-state index contributed by atoms with van der Waals surface area (Å²) >= 11 is 5.47. The summed E-state index contributed by atoms with van der Waals surface area (Å²) in [6.45, 7) is 1.82. The van der Waals surface area contributed by atoms with E-state index >= 15 is 0 Å². The summed E-state index contributed by atoms with van der Waals surface area (Å²) in [6, 6.07) is 6.74. The number of aliphatic hydroxyl groups is 1. The van der Waals surface area contributed by atoms with E-state index in [9.17, 15) is 5.11 Å². The average molecular weight is 316 g/mol. The molecular weight excluding hydrogens is 298 g/mol. The fourth-order valence-corrected chi connectivity index (χ4v) is 3.85. The van der Waals surface area contributed by atoms with Crippen molar-refractivity contribution in [3.63, 3.8) is 0 Å². The Morgan fingerprint density at radius 3 is 2.88 bits per heavy atom. The van der Waals surface area contributed by atoms with E-state index in [2.05, 4.69) is 33.9 Å². The summed E-state index contributed by atoms with van der Waals surface area (Å²) in [6.07, 6.45) is 0.801. The molecule has 4 heteroatoms. The third kappa shape index (κ3) is 2.98. The van der Waals surface area contributed by atoms with Gasteiger partial charge in [0.1, 0.15) is 0 Å². The zero-order valence-corrected chi connectivity index (χ0v) is 12.6. The van der Waals surface area contributed by atoms with Gasteiger partial charge in [-0.1, -0.05) is 15.9 Å². The lowest BCUT2D eigenvalue weighted by atomic mass is 10.1. The van der Waals surface area contributed by atoms with E-state index in [1.807, 2.05) is 30.8 Å². The van der Waals surface area contributed by atoms with Gasteiger partial charge in [0.2, 0.25) is 0 Å². The second kappa shape index (κ2) is 5.63. The number of aliphatic hydroxyl groups excluding tert-OH is 1. The molecule has 0 radical (unpaired) electrons. The van der Waals surface area contributed by atoms with Crippen LogP contribution in [0.15, 0.2) is 22.7 Å². The predicted molar refractivity (Wildman–Crippen MR) is 78.9 cm³/mol. The largest absolute Gasteiger partial charge is 0.389 e. The van der Waals surface area contributed by atoms with E-state index in [1.54, 1.807) is 0 Å². The van der Waals surface area contributed by atoms with Crippen molar-refractivity contribution in [2.45, 2.75) is 25.5 Å². The summed E-state index contributed by atoms with van der Waals surface area (Å²) < 4.78 is 1.02. The molecule has 0 spiro atoms. The molecular formula is C13H18BrNOS. The number of hydrogen-bond donors (Lipinski definition) is 1. The summed E-state index contributed by atoms with van der Waals surface area (Å²) in [5.41, 5.74) is 2.15. The molecule has 1 saturated heterocycles. The van der Waals surface area contributed by atoms with E-state index in [0.717, 1.165) is 15.7 Å². The summed E-state index contributed by atoms with van der Waals surface area (Å²) in [7, 11) is 2.13. The zero-order chi connectivity index (χ0) is 12.4. The maximum absolute atomic E-state index is 9.87. The highest BCUT2D eigenvalue weighted by molar-refractivity contribution is 9.10. The van der Waals surface area contributed by atoms with E-state index in [-0.39, 0.29) is 0 Å². The van der Waals surface area contributed by atoms with Gasteiger partial charge in [0.05, 0.1) is 6.10 Å². The third-order valence-corrected chi connectivity index (χ3v) is 4.91. The molecule has 0 aliphatic carbocycles. The first-order valence-corrected chi connectivity index (χ1v) is 7.82. The highest BCUT2D eigenvalue weighted by Crippen LogP contribution is 2.32.